The topological polar surface area (TPSA) is 149 Å². The van der Waals surface area contributed by atoms with Crippen LogP contribution in [0.15, 0.2) is 85.1 Å². The number of nitrogens with one attached hydrogen (secondary N) is 1. The van der Waals surface area contributed by atoms with Crippen molar-refractivity contribution in [3.8, 4) is 0 Å². The van der Waals surface area contributed by atoms with E-state index >= 15 is 0 Å². The van der Waals surface area contributed by atoms with E-state index in [0.717, 1.165) is 70.6 Å². The molecule has 0 bridgehead atoms. The SMILES string of the molecule is CC/C=C\C/C=C\C/C=C\C/C=C\CCCCCCCCCCCCCCCCCCCCCCCCCCC(=O)NC(COC1OC(CO)C(O)C(O)C1O)C(O)/C=C/CC/C=C/CC/C=C/CCCCCCCCCCCCCCC. The van der Waals surface area contributed by atoms with Crippen LogP contribution in [0, 0.1) is 0 Å². The average Bonchev–Trinajstić information content (AvgIpc) is 3.60. The van der Waals surface area contributed by atoms with Crippen LogP contribution < -0.4 is 5.32 Å². The van der Waals surface area contributed by atoms with Gasteiger partial charge in [0.1, 0.15) is 24.4 Å². The average molecular weight is 1160 g/mol. The molecule has 0 radical (unpaired) electrons. The van der Waals surface area contributed by atoms with Crippen LogP contribution >= 0.6 is 0 Å². The summed E-state index contributed by atoms with van der Waals surface area (Å²) in [4.78, 5) is 13.1. The maximum absolute atomic E-state index is 13.1. The number of allylic oxidation sites excluding steroid dienone is 13. The molecule has 1 heterocycles. The first-order chi connectivity index (χ1) is 40.8. The van der Waals surface area contributed by atoms with Crippen molar-refractivity contribution in [2.45, 2.75) is 365 Å². The number of carbonyl (C=O) groups excluding carboxylic acids is 1. The van der Waals surface area contributed by atoms with Gasteiger partial charge in [0.2, 0.25) is 5.91 Å². The van der Waals surface area contributed by atoms with Crippen LogP contribution in [0.2, 0.25) is 0 Å². The van der Waals surface area contributed by atoms with Crippen molar-refractivity contribution in [2.75, 3.05) is 13.2 Å². The third-order valence-corrected chi connectivity index (χ3v) is 16.4. The number of ether oxygens (including phenoxy) is 2. The molecule has 0 spiro atoms. The molecule has 9 nitrogen and oxygen atoms in total. The van der Waals surface area contributed by atoms with Gasteiger partial charge in [-0.25, -0.2) is 0 Å². The Hall–Kier alpha value is -2.63. The molecule has 1 fully saturated rings. The van der Waals surface area contributed by atoms with Crippen molar-refractivity contribution < 1.29 is 39.8 Å². The molecule has 1 amide bonds. The fourth-order valence-corrected chi connectivity index (χ4v) is 10.9. The summed E-state index contributed by atoms with van der Waals surface area (Å²) in [6.45, 7) is 3.68. The molecule has 1 rings (SSSR count). The molecule has 482 valence electrons. The van der Waals surface area contributed by atoms with Gasteiger partial charge in [0.25, 0.3) is 0 Å². The Kier molecular flexibility index (Phi) is 59.0. The number of aliphatic hydroxyl groups is 5. The van der Waals surface area contributed by atoms with Gasteiger partial charge in [0, 0.05) is 6.42 Å². The van der Waals surface area contributed by atoms with Gasteiger partial charge in [-0.15, -0.1) is 0 Å². The summed E-state index contributed by atoms with van der Waals surface area (Å²) in [6, 6.07) is -0.831. The van der Waals surface area contributed by atoms with E-state index in [0.29, 0.717) is 6.42 Å². The number of hydrogen-bond acceptors (Lipinski definition) is 8. The Labute approximate surface area is 511 Å². The number of aliphatic hydroxyl groups excluding tert-OH is 5. The van der Waals surface area contributed by atoms with Crippen LogP contribution in [0.1, 0.15) is 322 Å². The number of amides is 1. The Bertz CT molecular complexity index is 1590. The first-order valence-corrected chi connectivity index (χ1v) is 35.3. The molecule has 0 aliphatic carbocycles. The molecule has 6 N–H and O–H groups in total. The minimum Gasteiger partial charge on any atom is -0.394 e. The molecular weight excluding hydrogens is 1030 g/mol. The molecule has 1 aliphatic rings. The normalized spacial score (nSPS) is 18.8. The second-order valence-electron chi connectivity index (χ2n) is 24.3. The minimum absolute atomic E-state index is 0.187. The van der Waals surface area contributed by atoms with Crippen molar-refractivity contribution in [2.24, 2.45) is 0 Å². The molecule has 7 unspecified atom stereocenters. The van der Waals surface area contributed by atoms with E-state index in [1.165, 1.54) is 231 Å². The van der Waals surface area contributed by atoms with Gasteiger partial charge in [0.15, 0.2) is 6.29 Å². The van der Waals surface area contributed by atoms with E-state index in [1.807, 2.05) is 6.08 Å². The predicted molar refractivity (Wildman–Crippen MR) is 355 cm³/mol. The highest BCUT2D eigenvalue weighted by atomic mass is 16.7. The largest absolute Gasteiger partial charge is 0.394 e. The number of hydrogen-bond donors (Lipinski definition) is 6. The second kappa shape index (κ2) is 62.4. The van der Waals surface area contributed by atoms with Gasteiger partial charge in [0.05, 0.1) is 25.4 Å². The van der Waals surface area contributed by atoms with E-state index in [2.05, 4.69) is 92.1 Å². The zero-order valence-corrected chi connectivity index (χ0v) is 53.9. The van der Waals surface area contributed by atoms with E-state index in [1.54, 1.807) is 6.08 Å². The Morgan fingerprint density at radius 1 is 0.422 bits per heavy atom. The van der Waals surface area contributed by atoms with Crippen LogP contribution in [-0.2, 0) is 14.3 Å². The molecule has 7 atom stereocenters. The quantitative estimate of drug-likeness (QED) is 0.0261. The zero-order chi connectivity index (χ0) is 60.0. The fourth-order valence-electron chi connectivity index (χ4n) is 10.9. The summed E-state index contributed by atoms with van der Waals surface area (Å²) >= 11 is 0. The van der Waals surface area contributed by atoms with Crippen molar-refractivity contribution >= 4 is 5.91 Å². The monoisotopic (exact) mass is 1160 g/mol. The van der Waals surface area contributed by atoms with E-state index < -0.39 is 49.5 Å². The summed E-state index contributed by atoms with van der Waals surface area (Å²) in [6.07, 6.45) is 82.7. The molecule has 1 aliphatic heterocycles. The Morgan fingerprint density at radius 2 is 0.759 bits per heavy atom. The lowest BCUT2D eigenvalue weighted by Crippen LogP contribution is -2.60. The van der Waals surface area contributed by atoms with E-state index in [4.69, 9.17) is 9.47 Å². The van der Waals surface area contributed by atoms with Crippen LogP contribution in [-0.4, -0.2) is 87.5 Å². The molecular formula is C74H133NO8. The molecule has 9 heteroatoms. The van der Waals surface area contributed by atoms with Gasteiger partial charge < -0.3 is 40.3 Å². The Balaban J connectivity index is 2.11. The highest BCUT2D eigenvalue weighted by Crippen LogP contribution is 2.23. The summed E-state index contributed by atoms with van der Waals surface area (Å²) in [5, 5.41) is 54.7. The maximum Gasteiger partial charge on any atom is 0.220 e. The summed E-state index contributed by atoms with van der Waals surface area (Å²) in [7, 11) is 0. The second-order valence-corrected chi connectivity index (χ2v) is 24.3. The smallest absolute Gasteiger partial charge is 0.220 e. The van der Waals surface area contributed by atoms with Crippen molar-refractivity contribution in [3.05, 3.63) is 85.1 Å². The number of carbonyl (C=O) groups is 1. The lowest BCUT2D eigenvalue weighted by atomic mass is 9.99. The van der Waals surface area contributed by atoms with Gasteiger partial charge in [-0.05, 0) is 83.5 Å². The van der Waals surface area contributed by atoms with E-state index in [9.17, 15) is 30.3 Å². The molecule has 1 saturated heterocycles. The molecule has 83 heavy (non-hydrogen) atoms. The Morgan fingerprint density at radius 3 is 1.16 bits per heavy atom. The third-order valence-electron chi connectivity index (χ3n) is 16.4. The van der Waals surface area contributed by atoms with Crippen LogP contribution in [0.4, 0.5) is 0 Å². The van der Waals surface area contributed by atoms with Gasteiger partial charge >= 0.3 is 0 Å². The summed E-state index contributed by atoms with van der Waals surface area (Å²) in [5.74, 6) is -0.187. The molecule has 0 aromatic carbocycles. The predicted octanol–water partition coefficient (Wildman–Crippen LogP) is 19.3. The van der Waals surface area contributed by atoms with Crippen molar-refractivity contribution in [1.82, 2.24) is 5.32 Å². The van der Waals surface area contributed by atoms with Gasteiger partial charge in [-0.1, -0.05) is 317 Å². The van der Waals surface area contributed by atoms with Gasteiger partial charge in [-0.3, -0.25) is 4.79 Å². The molecule has 0 aromatic heterocycles. The minimum atomic E-state index is -1.58. The zero-order valence-electron chi connectivity index (χ0n) is 53.9. The van der Waals surface area contributed by atoms with Crippen LogP contribution in [0.25, 0.3) is 0 Å². The highest BCUT2D eigenvalue weighted by Gasteiger charge is 2.44. The van der Waals surface area contributed by atoms with Crippen LogP contribution in [0.3, 0.4) is 0 Å². The number of rotatable bonds is 61. The third kappa shape index (κ3) is 51.2. The first-order valence-electron chi connectivity index (χ1n) is 35.3. The lowest BCUT2D eigenvalue weighted by molar-refractivity contribution is -0.302. The fraction of sp³-hybridized carbons (Fsp3) is 0.797. The lowest BCUT2D eigenvalue weighted by Gasteiger charge is -2.40. The summed E-state index contributed by atoms with van der Waals surface area (Å²) in [5.41, 5.74) is 0. The van der Waals surface area contributed by atoms with Crippen LogP contribution in [0.5, 0.6) is 0 Å². The van der Waals surface area contributed by atoms with E-state index in [-0.39, 0.29) is 12.5 Å². The standard InChI is InChI=1S/C74H133NO8/c1-3-5-7-9-11-13-15-17-19-21-23-25-27-28-29-30-31-32-33-34-35-36-37-38-39-40-42-44-46-48-50-52-54-56-58-60-62-64-70(78)75-67(66-82-74-73(81)72(80)71(79)69(65-76)83-74)68(77)63-61-59-57-55-53-51-49-47-45-43-41-26-24-22-20-18-16-14-12-10-8-6-4-2/h5,7,11,13,17,19,23,25,45,47,53,55,61,63,67-69,71-74,76-77,79-81H,3-4,6,8-10,12,14-16,18,20-22,24,26-44,46,48-52,54,56-60,62,64-66H2,1-2H3,(H,75,78)/b7-5-,13-11-,19-17-,25-23-,47-45+,55-53+,63-61+. The number of unbranched alkanes of at least 4 members (excludes halogenated alkanes) is 39. The molecule has 0 aromatic rings. The summed E-state index contributed by atoms with van der Waals surface area (Å²) < 4.78 is 11.3. The van der Waals surface area contributed by atoms with Crippen molar-refractivity contribution in [3.63, 3.8) is 0 Å². The molecule has 0 saturated carbocycles. The maximum atomic E-state index is 13.1. The van der Waals surface area contributed by atoms with Gasteiger partial charge in [-0.2, -0.15) is 0 Å². The van der Waals surface area contributed by atoms with Crippen molar-refractivity contribution in [1.29, 1.82) is 0 Å². The first kappa shape index (κ1) is 78.4. The highest BCUT2D eigenvalue weighted by molar-refractivity contribution is 5.76.